The summed E-state index contributed by atoms with van der Waals surface area (Å²) >= 11 is 0. The van der Waals surface area contributed by atoms with Crippen LogP contribution in [0.2, 0.25) is 0 Å². The molecule has 2 nitrogen and oxygen atoms in total. The molecule has 0 amide bonds. The zero-order valence-electron chi connectivity index (χ0n) is 10.2. The minimum Gasteiger partial charge on any atom is -0.458 e. The van der Waals surface area contributed by atoms with E-state index in [9.17, 15) is 4.79 Å². The topological polar surface area (TPSA) is 26.3 Å². The van der Waals surface area contributed by atoms with Crippen LogP contribution in [-0.2, 0) is 9.53 Å². The van der Waals surface area contributed by atoms with Crippen molar-refractivity contribution in [1.82, 2.24) is 0 Å². The van der Waals surface area contributed by atoms with Gasteiger partial charge >= 0.3 is 5.97 Å². The first-order valence-corrected chi connectivity index (χ1v) is 6.56. The molecule has 3 aliphatic carbocycles. The normalized spacial score (nSPS) is 44.4. The third kappa shape index (κ3) is 1.28. The van der Waals surface area contributed by atoms with Gasteiger partial charge in [-0.3, -0.25) is 4.79 Å². The second kappa shape index (κ2) is 3.35. The molecule has 0 aliphatic heterocycles. The van der Waals surface area contributed by atoms with Crippen LogP contribution in [0.15, 0.2) is 11.6 Å². The molecular weight excluding hydrogens is 200 g/mol. The summed E-state index contributed by atoms with van der Waals surface area (Å²) in [6, 6.07) is 0. The van der Waals surface area contributed by atoms with E-state index in [0.29, 0.717) is 12.3 Å². The molecule has 0 spiro atoms. The monoisotopic (exact) mass is 220 g/mol. The maximum absolute atomic E-state index is 11.5. The minimum absolute atomic E-state index is 0.0430. The Hall–Kier alpha value is -0.790. The van der Waals surface area contributed by atoms with Crippen LogP contribution in [0.1, 0.15) is 46.0 Å². The molecule has 2 heteroatoms. The number of hydrogen-bond donors (Lipinski definition) is 0. The molecule has 0 aromatic heterocycles. The van der Waals surface area contributed by atoms with E-state index >= 15 is 0 Å². The minimum atomic E-state index is -0.214. The van der Waals surface area contributed by atoms with Gasteiger partial charge in [0, 0.05) is 18.8 Å². The highest BCUT2D eigenvalue weighted by Crippen LogP contribution is 2.59. The molecule has 0 heterocycles. The predicted octanol–water partition coefficient (Wildman–Crippen LogP) is 3.07. The molecule has 0 aromatic rings. The third-order valence-corrected chi connectivity index (χ3v) is 4.80. The van der Waals surface area contributed by atoms with Gasteiger partial charge < -0.3 is 4.74 Å². The number of esters is 1. The molecule has 1 saturated carbocycles. The van der Waals surface area contributed by atoms with Crippen LogP contribution in [-0.4, -0.2) is 11.6 Å². The third-order valence-electron chi connectivity index (χ3n) is 4.80. The molecule has 4 unspecified atom stereocenters. The fourth-order valence-corrected chi connectivity index (χ4v) is 4.14. The number of fused-ring (bicyclic) bond motifs is 4. The van der Waals surface area contributed by atoms with Gasteiger partial charge in [0.25, 0.3) is 0 Å². The van der Waals surface area contributed by atoms with Gasteiger partial charge in [0.15, 0.2) is 0 Å². The summed E-state index contributed by atoms with van der Waals surface area (Å²) in [5.74, 6) is 2.07. The van der Waals surface area contributed by atoms with Gasteiger partial charge in [0.1, 0.15) is 5.60 Å². The second-order valence-electron chi connectivity index (χ2n) is 5.79. The molecule has 0 saturated heterocycles. The summed E-state index contributed by atoms with van der Waals surface area (Å²) in [5, 5.41) is 0. The van der Waals surface area contributed by atoms with Crippen LogP contribution in [0.5, 0.6) is 0 Å². The van der Waals surface area contributed by atoms with Crippen LogP contribution in [0.4, 0.5) is 0 Å². The highest BCUT2D eigenvalue weighted by atomic mass is 16.6. The molecule has 1 fully saturated rings. The lowest BCUT2D eigenvalue weighted by Crippen LogP contribution is -2.43. The summed E-state index contributed by atoms with van der Waals surface area (Å²) in [5.41, 5.74) is 1.37. The molecule has 0 N–H and O–H groups in total. The largest absolute Gasteiger partial charge is 0.458 e. The molecule has 88 valence electrons. The number of carbonyl (C=O) groups is 1. The van der Waals surface area contributed by atoms with Crippen molar-refractivity contribution >= 4 is 5.97 Å². The maximum atomic E-state index is 11.5. The summed E-state index contributed by atoms with van der Waals surface area (Å²) in [7, 11) is 0. The number of rotatable bonds is 2. The zero-order chi connectivity index (χ0) is 11.3. The average molecular weight is 220 g/mol. The summed E-state index contributed by atoms with van der Waals surface area (Å²) in [6.45, 7) is 4.00. The average Bonchev–Trinajstić information content (AvgIpc) is 2.86. The Balaban J connectivity index is 1.79. The Morgan fingerprint density at radius 3 is 3.12 bits per heavy atom. The summed E-state index contributed by atoms with van der Waals surface area (Å²) in [4.78, 5) is 11.5. The van der Waals surface area contributed by atoms with Crippen LogP contribution in [0, 0.1) is 17.8 Å². The van der Waals surface area contributed by atoms with Crippen molar-refractivity contribution in [2.45, 2.75) is 51.6 Å². The Bertz CT molecular complexity index is 358. The molecule has 0 radical (unpaired) electrons. The van der Waals surface area contributed by atoms with E-state index in [2.05, 4.69) is 13.0 Å². The van der Waals surface area contributed by atoms with Crippen LogP contribution in [0.3, 0.4) is 0 Å². The van der Waals surface area contributed by atoms with E-state index in [0.717, 1.165) is 18.3 Å². The Kier molecular flexibility index (Phi) is 2.17. The van der Waals surface area contributed by atoms with Crippen molar-refractivity contribution in [1.29, 1.82) is 0 Å². The van der Waals surface area contributed by atoms with E-state index in [1.54, 1.807) is 5.57 Å². The fraction of sp³-hybridized carbons (Fsp3) is 0.786. The van der Waals surface area contributed by atoms with E-state index in [1.807, 2.05) is 6.92 Å². The Morgan fingerprint density at radius 2 is 2.38 bits per heavy atom. The standard InChI is InChI=1S/C14H20O2/c1-3-13(15)16-14(2)8-9-7-12(14)11-6-4-5-10(9)11/h7,10-12H,3-6,8H2,1-2H3. The Morgan fingerprint density at radius 1 is 1.56 bits per heavy atom. The fourth-order valence-electron chi connectivity index (χ4n) is 4.14. The first-order valence-electron chi connectivity index (χ1n) is 6.56. The lowest BCUT2D eigenvalue weighted by molar-refractivity contribution is -0.164. The van der Waals surface area contributed by atoms with Gasteiger partial charge in [0.2, 0.25) is 0 Å². The van der Waals surface area contributed by atoms with Crippen molar-refractivity contribution in [3.63, 3.8) is 0 Å². The van der Waals surface area contributed by atoms with Crippen molar-refractivity contribution in [3.8, 4) is 0 Å². The molecule has 2 bridgehead atoms. The molecule has 0 aromatic carbocycles. The molecular formula is C14H20O2. The van der Waals surface area contributed by atoms with Gasteiger partial charge in [-0.1, -0.05) is 25.0 Å². The quantitative estimate of drug-likeness (QED) is 0.528. The lowest BCUT2D eigenvalue weighted by atomic mass is 9.72. The first kappa shape index (κ1) is 10.4. The van der Waals surface area contributed by atoms with Gasteiger partial charge in [-0.15, -0.1) is 0 Å². The number of ether oxygens (including phenoxy) is 1. The first-order chi connectivity index (χ1) is 7.64. The van der Waals surface area contributed by atoms with Crippen LogP contribution >= 0.6 is 0 Å². The van der Waals surface area contributed by atoms with Crippen molar-refractivity contribution in [2.24, 2.45) is 17.8 Å². The lowest BCUT2D eigenvalue weighted by Gasteiger charge is -2.40. The number of carbonyl (C=O) groups excluding carboxylic acids is 1. The molecule has 3 aliphatic rings. The van der Waals surface area contributed by atoms with Crippen molar-refractivity contribution in [2.75, 3.05) is 0 Å². The van der Waals surface area contributed by atoms with Crippen molar-refractivity contribution in [3.05, 3.63) is 11.6 Å². The van der Waals surface area contributed by atoms with E-state index in [-0.39, 0.29) is 11.6 Å². The van der Waals surface area contributed by atoms with Gasteiger partial charge in [-0.25, -0.2) is 0 Å². The maximum Gasteiger partial charge on any atom is 0.306 e. The zero-order valence-corrected chi connectivity index (χ0v) is 10.2. The highest BCUT2D eigenvalue weighted by molar-refractivity contribution is 5.69. The van der Waals surface area contributed by atoms with E-state index in [1.165, 1.54) is 19.3 Å². The van der Waals surface area contributed by atoms with Crippen molar-refractivity contribution < 1.29 is 9.53 Å². The van der Waals surface area contributed by atoms with Crippen LogP contribution in [0.25, 0.3) is 0 Å². The number of hydrogen-bond acceptors (Lipinski definition) is 2. The highest BCUT2D eigenvalue weighted by Gasteiger charge is 2.56. The Labute approximate surface area is 97.1 Å². The van der Waals surface area contributed by atoms with Crippen LogP contribution < -0.4 is 0 Å². The second-order valence-corrected chi connectivity index (χ2v) is 5.79. The van der Waals surface area contributed by atoms with Gasteiger partial charge in [-0.2, -0.15) is 0 Å². The van der Waals surface area contributed by atoms with Gasteiger partial charge in [-0.05, 0) is 31.6 Å². The SMILES string of the molecule is CCC(=O)OC1(C)CC2=CC1C1CCCC21. The smallest absolute Gasteiger partial charge is 0.306 e. The summed E-state index contributed by atoms with van der Waals surface area (Å²) in [6.07, 6.45) is 7.95. The predicted molar refractivity (Wildman–Crippen MR) is 61.8 cm³/mol. The van der Waals surface area contributed by atoms with E-state index < -0.39 is 0 Å². The van der Waals surface area contributed by atoms with Gasteiger partial charge in [0.05, 0.1) is 0 Å². The molecule has 4 atom stereocenters. The molecule has 16 heavy (non-hydrogen) atoms. The summed E-state index contributed by atoms with van der Waals surface area (Å²) < 4.78 is 5.70. The molecule has 3 rings (SSSR count). The van der Waals surface area contributed by atoms with E-state index in [4.69, 9.17) is 4.74 Å².